The Labute approximate surface area is 142 Å². The summed E-state index contributed by atoms with van der Waals surface area (Å²) in [5.41, 5.74) is 2.08. The fourth-order valence-electron chi connectivity index (χ4n) is 2.67. The average molecular weight is 335 g/mol. The number of halogens is 1. The molecule has 0 spiro atoms. The normalized spacial score (nSPS) is 14.1. The second-order valence-corrected chi connectivity index (χ2v) is 6.29. The van der Waals surface area contributed by atoms with Crippen molar-refractivity contribution >= 4 is 29.1 Å². The van der Waals surface area contributed by atoms with Gasteiger partial charge < -0.3 is 10.2 Å². The van der Waals surface area contributed by atoms with Gasteiger partial charge in [-0.15, -0.1) is 0 Å². The summed E-state index contributed by atoms with van der Waals surface area (Å²) in [6.07, 6.45) is 7.85. The molecule has 0 radical (unpaired) electrons. The Morgan fingerprint density at radius 1 is 1.22 bits per heavy atom. The summed E-state index contributed by atoms with van der Waals surface area (Å²) in [4.78, 5) is 25.5. The predicted molar refractivity (Wildman–Crippen MR) is 93.5 cm³/mol. The molecule has 1 aliphatic carbocycles. The number of hydrogen-bond acceptors (Lipinski definition) is 2. The highest BCUT2D eigenvalue weighted by Gasteiger charge is 2.15. The Morgan fingerprint density at radius 3 is 2.57 bits per heavy atom. The molecule has 0 heterocycles. The molecule has 2 amide bonds. The second kappa shape index (κ2) is 8.73. The van der Waals surface area contributed by atoms with Gasteiger partial charge in [0.15, 0.2) is 0 Å². The summed E-state index contributed by atoms with van der Waals surface area (Å²) in [6.45, 7) is 2.17. The van der Waals surface area contributed by atoms with E-state index in [0.717, 1.165) is 19.3 Å². The monoisotopic (exact) mass is 334 g/mol. The van der Waals surface area contributed by atoms with Gasteiger partial charge in [-0.05, 0) is 56.4 Å². The van der Waals surface area contributed by atoms with E-state index in [1.165, 1.54) is 25.3 Å². The van der Waals surface area contributed by atoms with Gasteiger partial charge in [0, 0.05) is 24.2 Å². The maximum absolute atomic E-state index is 12.1. The number of allylic oxidation sites excluding steroid dienone is 1. The van der Waals surface area contributed by atoms with Gasteiger partial charge in [-0.2, -0.15) is 0 Å². The number of nitrogens with zero attached hydrogens (tertiary/aromatic N) is 1. The minimum Gasteiger partial charge on any atom is -0.333 e. The minimum atomic E-state index is -0.194. The third-order valence-corrected chi connectivity index (χ3v) is 4.25. The summed E-state index contributed by atoms with van der Waals surface area (Å²) >= 11 is 5.82. The molecule has 1 aromatic rings. The zero-order valence-corrected chi connectivity index (χ0v) is 14.2. The first-order chi connectivity index (χ1) is 11.0. The molecule has 2 rings (SSSR count). The first kappa shape index (κ1) is 17.5. The number of nitrogens with one attached hydrogen (secondary N) is 1. The van der Waals surface area contributed by atoms with E-state index in [0.29, 0.717) is 17.3 Å². The third-order valence-electron chi connectivity index (χ3n) is 4.00. The van der Waals surface area contributed by atoms with Crippen LogP contribution in [0, 0.1) is 0 Å². The van der Waals surface area contributed by atoms with Crippen LogP contribution in [0.15, 0.2) is 35.9 Å². The SMILES string of the molecule is CC(=O)N(CCC1=CCCCC1)CC(=O)Nc1ccc(Cl)cc1. The Hall–Kier alpha value is -1.81. The molecule has 0 saturated heterocycles. The molecule has 0 atom stereocenters. The van der Waals surface area contributed by atoms with E-state index in [2.05, 4.69) is 11.4 Å². The van der Waals surface area contributed by atoms with Crippen LogP contribution in [0.3, 0.4) is 0 Å². The number of carbonyl (C=O) groups is 2. The smallest absolute Gasteiger partial charge is 0.243 e. The molecule has 4 nitrogen and oxygen atoms in total. The van der Waals surface area contributed by atoms with E-state index in [4.69, 9.17) is 11.6 Å². The Morgan fingerprint density at radius 2 is 1.96 bits per heavy atom. The molecule has 5 heteroatoms. The van der Waals surface area contributed by atoms with Crippen LogP contribution in [0.5, 0.6) is 0 Å². The summed E-state index contributed by atoms with van der Waals surface area (Å²) in [7, 11) is 0. The molecule has 0 fully saturated rings. The van der Waals surface area contributed by atoms with Crippen molar-refractivity contribution in [3.63, 3.8) is 0 Å². The van der Waals surface area contributed by atoms with Gasteiger partial charge in [0.05, 0.1) is 6.54 Å². The number of carbonyl (C=O) groups excluding carboxylic acids is 2. The van der Waals surface area contributed by atoms with Crippen molar-refractivity contribution in [3.05, 3.63) is 40.9 Å². The zero-order chi connectivity index (χ0) is 16.7. The van der Waals surface area contributed by atoms with Crippen molar-refractivity contribution in [1.82, 2.24) is 4.90 Å². The Bertz CT molecular complexity index is 581. The molecule has 1 aliphatic rings. The van der Waals surface area contributed by atoms with E-state index in [-0.39, 0.29) is 18.4 Å². The highest BCUT2D eigenvalue weighted by atomic mass is 35.5. The number of benzene rings is 1. The van der Waals surface area contributed by atoms with E-state index in [1.54, 1.807) is 29.2 Å². The topological polar surface area (TPSA) is 49.4 Å². The number of rotatable bonds is 6. The zero-order valence-electron chi connectivity index (χ0n) is 13.5. The highest BCUT2D eigenvalue weighted by molar-refractivity contribution is 6.30. The molecule has 0 aromatic heterocycles. The lowest BCUT2D eigenvalue weighted by Gasteiger charge is -2.22. The van der Waals surface area contributed by atoms with Crippen LogP contribution in [0.1, 0.15) is 39.0 Å². The molecule has 23 heavy (non-hydrogen) atoms. The molecular formula is C18H23ClN2O2. The summed E-state index contributed by atoms with van der Waals surface area (Å²) in [5, 5.41) is 3.41. The molecule has 124 valence electrons. The largest absolute Gasteiger partial charge is 0.333 e. The van der Waals surface area contributed by atoms with Crippen LogP contribution in [0.2, 0.25) is 5.02 Å². The van der Waals surface area contributed by atoms with Crippen LogP contribution in [-0.4, -0.2) is 29.8 Å². The van der Waals surface area contributed by atoms with E-state index in [9.17, 15) is 9.59 Å². The molecule has 0 aliphatic heterocycles. The lowest BCUT2D eigenvalue weighted by molar-refractivity contribution is -0.132. The van der Waals surface area contributed by atoms with E-state index >= 15 is 0 Å². The van der Waals surface area contributed by atoms with E-state index in [1.807, 2.05) is 0 Å². The quantitative estimate of drug-likeness (QED) is 0.799. The van der Waals surface area contributed by atoms with Gasteiger partial charge in [-0.25, -0.2) is 0 Å². The summed E-state index contributed by atoms with van der Waals surface area (Å²) in [5.74, 6) is -0.271. The third kappa shape index (κ3) is 6.06. The molecule has 0 saturated carbocycles. The summed E-state index contributed by atoms with van der Waals surface area (Å²) in [6, 6.07) is 6.92. The Kier molecular flexibility index (Phi) is 6.66. The standard InChI is InChI=1S/C18H23ClN2O2/c1-14(22)21(12-11-15-5-3-2-4-6-15)13-18(23)20-17-9-7-16(19)8-10-17/h5,7-10H,2-4,6,11-13H2,1H3,(H,20,23). The highest BCUT2D eigenvalue weighted by Crippen LogP contribution is 2.20. The Balaban J connectivity index is 1.85. The van der Waals surface area contributed by atoms with E-state index < -0.39 is 0 Å². The van der Waals surface area contributed by atoms with Crippen LogP contribution >= 0.6 is 11.6 Å². The molecule has 1 aromatic carbocycles. The lowest BCUT2D eigenvalue weighted by atomic mass is 9.97. The summed E-state index contributed by atoms with van der Waals surface area (Å²) < 4.78 is 0. The minimum absolute atomic E-state index is 0.0746. The van der Waals surface area contributed by atoms with Crippen molar-refractivity contribution in [1.29, 1.82) is 0 Å². The predicted octanol–water partition coefficient (Wildman–Crippen LogP) is 4.02. The van der Waals surface area contributed by atoms with Gasteiger partial charge >= 0.3 is 0 Å². The van der Waals surface area contributed by atoms with Crippen molar-refractivity contribution in [2.75, 3.05) is 18.4 Å². The average Bonchev–Trinajstić information content (AvgIpc) is 2.54. The van der Waals surface area contributed by atoms with Crippen molar-refractivity contribution in [3.8, 4) is 0 Å². The van der Waals surface area contributed by atoms with Crippen LogP contribution < -0.4 is 5.32 Å². The van der Waals surface area contributed by atoms with Gasteiger partial charge in [-0.1, -0.05) is 23.3 Å². The van der Waals surface area contributed by atoms with Crippen LogP contribution in [0.4, 0.5) is 5.69 Å². The molecular weight excluding hydrogens is 312 g/mol. The van der Waals surface area contributed by atoms with Crippen molar-refractivity contribution < 1.29 is 9.59 Å². The fourth-order valence-corrected chi connectivity index (χ4v) is 2.79. The molecule has 1 N–H and O–H groups in total. The number of hydrogen-bond donors (Lipinski definition) is 1. The van der Waals surface area contributed by atoms with Crippen LogP contribution in [0.25, 0.3) is 0 Å². The first-order valence-corrected chi connectivity index (χ1v) is 8.41. The van der Waals surface area contributed by atoms with Gasteiger partial charge in [-0.3, -0.25) is 9.59 Å². The lowest BCUT2D eigenvalue weighted by Crippen LogP contribution is -2.37. The maximum atomic E-state index is 12.1. The fraction of sp³-hybridized carbons (Fsp3) is 0.444. The van der Waals surface area contributed by atoms with Gasteiger partial charge in [0.1, 0.15) is 0 Å². The maximum Gasteiger partial charge on any atom is 0.243 e. The van der Waals surface area contributed by atoms with Crippen LogP contribution in [-0.2, 0) is 9.59 Å². The molecule has 0 unspecified atom stereocenters. The number of anilines is 1. The van der Waals surface area contributed by atoms with Crippen molar-refractivity contribution in [2.24, 2.45) is 0 Å². The molecule has 0 bridgehead atoms. The number of amides is 2. The van der Waals surface area contributed by atoms with Gasteiger partial charge in [0.2, 0.25) is 11.8 Å². The van der Waals surface area contributed by atoms with Gasteiger partial charge in [0.25, 0.3) is 0 Å². The van der Waals surface area contributed by atoms with Crippen molar-refractivity contribution in [2.45, 2.75) is 39.0 Å². The second-order valence-electron chi connectivity index (χ2n) is 5.85. The first-order valence-electron chi connectivity index (χ1n) is 8.03.